The quantitative estimate of drug-likeness (QED) is 0.941. The van der Waals surface area contributed by atoms with Crippen molar-refractivity contribution in [2.24, 2.45) is 0 Å². The number of aryl methyl sites for hydroxylation is 1. The number of nitrogens with zero attached hydrogens (tertiary/aromatic N) is 1. The first-order valence-corrected chi connectivity index (χ1v) is 6.53. The van der Waals surface area contributed by atoms with Crippen LogP contribution >= 0.6 is 15.9 Å². The van der Waals surface area contributed by atoms with Gasteiger partial charge in [0.1, 0.15) is 5.75 Å². The van der Waals surface area contributed by atoms with Gasteiger partial charge >= 0.3 is 0 Å². The van der Waals surface area contributed by atoms with Gasteiger partial charge < -0.3 is 10.1 Å². The molecule has 0 aliphatic carbocycles. The molecule has 1 aromatic heterocycles. The van der Waals surface area contributed by atoms with Gasteiger partial charge in [-0.2, -0.15) is 0 Å². The van der Waals surface area contributed by atoms with Gasteiger partial charge in [0, 0.05) is 10.7 Å². The Labute approximate surface area is 119 Å². The van der Waals surface area contributed by atoms with Crippen molar-refractivity contribution in [2.45, 2.75) is 6.92 Å². The molecule has 1 N–H and O–H groups in total. The summed E-state index contributed by atoms with van der Waals surface area (Å²) in [6.45, 7) is 1.93. The monoisotopic (exact) mass is 320 g/mol. The maximum Gasteiger partial charge on any atom is 0.262 e. The Morgan fingerprint density at radius 3 is 2.95 bits per heavy atom. The van der Waals surface area contributed by atoms with E-state index in [1.54, 1.807) is 24.5 Å². The fraction of sp³-hybridized carbons (Fsp3) is 0.143. The standard InChI is InChI=1S/C14H13BrN2O2/c1-10-7-12(4-5-13(10)15)19-9-14(18)17-11-3-2-6-16-8-11/h2-8H,9H2,1H3,(H,17,18). The van der Waals surface area contributed by atoms with E-state index in [-0.39, 0.29) is 12.5 Å². The molecular formula is C14H13BrN2O2. The Kier molecular flexibility index (Phi) is 4.52. The molecule has 0 aliphatic rings. The first-order chi connectivity index (χ1) is 9.15. The largest absolute Gasteiger partial charge is 0.484 e. The smallest absolute Gasteiger partial charge is 0.262 e. The molecule has 1 aromatic carbocycles. The molecule has 0 fully saturated rings. The van der Waals surface area contributed by atoms with Gasteiger partial charge in [-0.05, 0) is 42.8 Å². The number of ether oxygens (including phenoxy) is 1. The Bertz CT molecular complexity index is 573. The fourth-order valence-corrected chi connectivity index (χ4v) is 1.74. The number of benzene rings is 1. The minimum absolute atomic E-state index is 0.0318. The maximum atomic E-state index is 11.7. The van der Waals surface area contributed by atoms with Gasteiger partial charge in [0.2, 0.25) is 0 Å². The van der Waals surface area contributed by atoms with E-state index in [9.17, 15) is 4.79 Å². The topological polar surface area (TPSA) is 51.2 Å². The summed E-state index contributed by atoms with van der Waals surface area (Å²) in [5.41, 5.74) is 1.72. The highest BCUT2D eigenvalue weighted by molar-refractivity contribution is 9.10. The molecule has 4 nitrogen and oxygen atoms in total. The van der Waals surface area contributed by atoms with E-state index < -0.39 is 0 Å². The summed E-state index contributed by atoms with van der Waals surface area (Å²) < 4.78 is 6.44. The lowest BCUT2D eigenvalue weighted by atomic mass is 10.2. The molecule has 2 rings (SSSR count). The van der Waals surface area contributed by atoms with E-state index in [1.807, 2.05) is 25.1 Å². The van der Waals surface area contributed by atoms with Crippen molar-refractivity contribution in [3.63, 3.8) is 0 Å². The van der Waals surface area contributed by atoms with Gasteiger partial charge in [-0.1, -0.05) is 15.9 Å². The van der Waals surface area contributed by atoms with Crippen LogP contribution in [0, 0.1) is 6.92 Å². The Morgan fingerprint density at radius 2 is 2.26 bits per heavy atom. The van der Waals surface area contributed by atoms with Gasteiger partial charge in [-0.3, -0.25) is 9.78 Å². The molecular weight excluding hydrogens is 308 g/mol. The lowest BCUT2D eigenvalue weighted by Gasteiger charge is -2.08. The second-order valence-electron chi connectivity index (χ2n) is 3.99. The molecule has 0 unspecified atom stereocenters. The first kappa shape index (κ1) is 13.5. The van der Waals surface area contributed by atoms with Gasteiger partial charge in [0.25, 0.3) is 5.91 Å². The number of anilines is 1. The number of rotatable bonds is 4. The van der Waals surface area contributed by atoms with E-state index in [0.717, 1.165) is 10.0 Å². The minimum atomic E-state index is -0.214. The molecule has 98 valence electrons. The van der Waals surface area contributed by atoms with Crippen LogP contribution in [-0.4, -0.2) is 17.5 Å². The van der Waals surface area contributed by atoms with Gasteiger partial charge in [0.05, 0.1) is 11.9 Å². The summed E-state index contributed by atoms with van der Waals surface area (Å²) in [5, 5.41) is 2.70. The highest BCUT2D eigenvalue weighted by Gasteiger charge is 2.04. The average Bonchev–Trinajstić information content (AvgIpc) is 2.41. The van der Waals surface area contributed by atoms with Crippen LogP contribution in [0.2, 0.25) is 0 Å². The Hall–Kier alpha value is -1.88. The zero-order valence-corrected chi connectivity index (χ0v) is 12.0. The number of nitrogens with one attached hydrogen (secondary N) is 1. The molecule has 1 heterocycles. The summed E-state index contributed by atoms with van der Waals surface area (Å²) in [5.74, 6) is 0.454. The third kappa shape index (κ3) is 4.06. The second-order valence-corrected chi connectivity index (χ2v) is 4.84. The van der Waals surface area contributed by atoms with Crippen LogP contribution in [0.5, 0.6) is 5.75 Å². The Balaban J connectivity index is 1.88. The molecule has 0 radical (unpaired) electrons. The summed E-state index contributed by atoms with van der Waals surface area (Å²) in [4.78, 5) is 15.6. The van der Waals surface area contributed by atoms with E-state index >= 15 is 0 Å². The number of carbonyl (C=O) groups excluding carboxylic acids is 1. The van der Waals surface area contributed by atoms with Crippen molar-refractivity contribution < 1.29 is 9.53 Å². The predicted molar refractivity (Wildman–Crippen MR) is 77.2 cm³/mol. The van der Waals surface area contributed by atoms with Crippen LogP contribution < -0.4 is 10.1 Å². The van der Waals surface area contributed by atoms with Gasteiger partial charge in [-0.15, -0.1) is 0 Å². The van der Waals surface area contributed by atoms with Crippen molar-refractivity contribution >= 4 is 27.5 Å². The third-order valence-electron chi connectivity index (χ3n) is 2.44. The van der Waals surface area contributed by atoms with Crippen molar-refractivity contribution in [3.8, 4) is 5.75 Å². The van der Waals surface area contributed by atoms with Crippen LogP contribution in [0.25, 0.3) is 0 Å². The first-order valence-electron chi connectivity index (χ1n) is 5.74. The predicted octanol–water partition coefficient (Wildman–Crippen LogP) is 3.17. The van der Waals surface area contributed by atoms with Crippen LogP contribution in [0.15, 0.2) is 47.2 Å². The molecule has 0 saturated heterocycles. The third-order valence-corrected chi connectivity index (χ3v) is 3.33. The lowest BCUT2D eigenvalue weighted by Crippen LogP contribution is -2.20. The summed E-state index contributed by atoms with van der Waals surface area (Å²) in [7, 11) is 0. The number of hydrogen-bond acceptors (Lipinski definition) is 3. The van der Waals surface area contributed by atoms with Crippen LogP contribution in [0.4, 0.5) is 5.69 Å². The zero-order valence-electron chi connectivity index (χ0n) is 10.4. The normalized spacial score (nSPS) is 10.0. The van der Waals surface area contributed by atoms with Crippen molar-refractivity contribution in [1.29, 1.82) is 0 Å². The number of pyridine rings is 1. The minimum Gasteiger partial charge on any atom is -0.484 e. The van der Waals surface area contributed by atoms with Crippen LogP contribution in [0.1, 0.15) is 5.56 Å². The molecule has 0 aliphatic heterocycles. The highest BCUT2D eigenvalue weighted by Crippen LogP contribution is 2.21. The van der Waals surface area contributed by atoms with Gasteiger partial charge in [0.15, 0.2) is 6.61 Å². The molecule has 1 amide bonds. The van der Waals surface area contributed by atoms with E-state index in [0.29, 0.717) is 11.4 Å². The average molecular weight is 321 g/mol. The number of hydrogen-bond donors (Lipinski definition) is 1. The molecule has 2 aromatic rings. The number of carbonyl (C=O) groups is 1. The van der Waals surface area contributed by atoms with E-state index in [2.05, 4.69) is 26.2 Å². The Morgan fingerprint density at radius 1 is 1.42 bits per heavy atom. The van der Waals surface area contributed by atoms with Crippen molar-refractivity contribution in [3.05, 3.63) is 52.8 Å². The molecule has 0 atom stereocenters. The SMILES string of the molecule is Cc1cc(OCC(=O)Nc2cccnc2)ccc1Br. The summed E-state index contributed by atoms with van der Waals surface area (Å²) in [6.07, 6.45) is 3.23. The second kappa shape index (κ2) is 6.33. The molecule has 0 spiro atoms. The zero-order chi connectivity index (χ0) is 13.7. The lowest BCUT2D eigenvalue weighted by molar-refractivity contribution is -0.118. The fourth-order valence-electron chi connectivity index (χ4n) is 1.49. The van der Waals surface area contributed by atoms with E-state index in [4.69, 9.17) is 4.74 Å². The van der Waals surface area contributed by atoms with Gasteiger partial charge in [-0.25, -0.2) is 0 Å². The van der Waals surface area contributed by atoms with Crippen molar-refractivity contribution in [2.75, 3.05) is 11.9 Å². The molecule has 0 bridgehead atoms. The van der Waals surface area contributed by atoms with E-state index in [1.165, 1.54) is 0 Å². The van der Waals surface area contributed by atoms with Crippen LogP contribution in [-0.2, 0) is 4.79 Å². The summed E-state index contributed by atoms with van der Waals surface area (Å²) >= 11 is 3.41. The number of amides is 1. The maximum absolute atomic E-state index is 11.7. The molecule has 5 heteroatoms. The number of aromatic nitrogens is 1. The molecule has 19 heavy (non-hydrogen) atoms. The number of halogens is 1. The van der Waals surface area contributed by atoms with Crippen LogP contribution in [0.3, 0.4) is 0 Å². The molecule has 0 saturated carbocycles. The summed E-state index contributed by atoms with van der Waals surface area (Å²) in [6, 6.07) is 9.11. The van der Waals surface area contributed by atoms with Crippen molar-refractivity contribution in [1.82, 2.24) is 4.98 Å². The highest BCUT2D eigenvalue weighted by atomic mass is 79.9.